The summed E-state index contributed by atoms with van der Waals surface area (Å²) in [5, 5.41) is 0. The van der Waals surface area contributed by atoms with Gasteiger partial charge in [-0.2, -0.15) is 0 Å². The molecule has 0 aromatic carbocycles. The zero-order valence-electron chi connectivity index (χ0n) is 8.59. The molecular formula is C11H21NO. The Morgan fingerprint density at radius 1 is 1.38 bits per heavy atom. The van der Waals surface area contributed by atoms with Gasteiger partial charge in [-0.1, -0.05) is 32.6 Å². The minimum absolute atomic E-state index is 0.0752. The summed E-state index contributed by atoms with van der Waals surface area (Å²) in [5.74, 6) is 0.672. The number of hydrogen-bond acceptors (Lipinski definition) is 1. The van der Waals surface area contributed by atoms with Crippen molar-refractivity contribution in [1.29, 1.82) is 0 Å². The Morgan fingerprint density at radius 3 is 2.46 bits per heavy atom. The van der Waals surface area contributed by atoms with Gasteiger partial charge in [0.25, 0.3) is 0 Å². The van der Waals surface area contributed by atoms with E-state index in [1.807, 2.05) is 0 Å². The smallest absolute Gasteiger partial charge is 0.220 e. The molecule has 1 rings (SSSR count). The standard InChI is InChI=1S/C11H21NO/c1-2-6-10(11(12)13)9-7-4-3-5-8-9/h9-10H,2-8H2,1H3,(H2,12,13)/t10-/m0/s1. The van der Waals surface area contributed by atoms with E-state index in [0.29, 0.717) is 5.92 Å². The molecule has 0 aliphatic heterocycles. The monoisotopic (exact) mass is 183 g/mol. The van der Waals surface area contributed by atoms with Crippen LogP contribution >= 0.6 is 0 Å². The molecule has 0 aromatic rings. The van der Waals surface area contributed by atoms with Crippen molar-refractivity contribution in [1.82, 2.24) is 0 Å². The fourth-order valence-electron chi connectivity index (χ4n) is 2.46. The molecule has 0 bridgehead atoms. The molecule has 1 aliphatic carbocycles. The summed E-state index contributed by atoms with van der Waals surface area (Å²) < 4.78 is 0. The Morgan fingerprint density at radius 2 is 2.00 bits per heavy atom. The molecule has 2 nitrogen and oxygen atoms in total. The molecule has 13 heavy (non-hydrogen) atoms. The number of amides is 1. The average Bonchev–Trinajstić information content (AvgIpc) is 2.15. The molecule has 0 aromatic heterocycles. The van der Waals surface area contributed by atoms with Crippen molar-refractivity contribution >= 4 is 5.91 Å². The van der Waals surface area contributed by atoms with E-state index in [0.717, 1.165) is 12.8 Å². The lowest BCUT2D eigenvalue weighted by molar-refractivity contribution is -0.124. The number of carbonyl (C=O) groups is 1. The molecule has 1 fully saturated rings. The van der Waals surface area contributed by atoms with E-state index in [9.17, 15) is 4.79 Å². The predicted molar refractivity (Wildman–Crippen MR) is 54.2 cm³/mol. The van der Waals surface area contributed by atoms with E-state index >= 15 is 0 Å². The minimum atomic E-state index is -0.0752. The van der Waals surface area contributed by atoms with Crippen LogP contribution in [0.1, 0.15) is 51.9 Å². The largest absolute Gasteiger partial charge is 0.369 e. The van der Waals surface area contributed by atoms with Crippen molar-refractivity contribution in [2.45, 2.75) is 51.9 Å². The van der Waals surface area contributed by atoms with Gasteiger partial charge in [-0.3, -0.25) is 4.79 Å². The molecule has 0 heterocycles. The van der Waals surface area contributed by atoms with E-state index in [4.69, 9.17) is 5.73 Å². The first-order chi connectivity index (χ1) is 6.25. The molecule has 0 radical (unpaired) electrons. The molecule has 0 spiro atoms. The summed E-state index contributed by atoms with van der Waals surface area (Å²) in [6, 6.07) is 0. The van der Waals surface area contributed by atoms with Gasteiger partial charge in [-0.25, -0.2) is 0 Å². The average molecular weight is 183 g/mol. The quantitative estimate of drug-likeness (QED) is 0.714. The SMILES string of the molecule is CCC[C@H](C(N)=O)C1CCCCC1. The summed E-state index contributed by atoms with van der Waals surface area (Å²) in [4.78, 5) is 11.2. The maximum Gasteiger partial charge on any atom is 0.220 e. The van der Waals surface area contributed by atoms with Crippen molar-refractivity contribution < 1.29 is 4.79 Å². The third-order valence-electron chi connectivity index (χ3n) is 3.18. The highest BCUT2D eigenvalue weighted by atomic mass is 16.1. The summed E-state index contributed by atoms with van der Waals surface area (Å²) in [5.41, 5.74) is 5.41. The second kappa shape index (κ2) is 5.25. The second-order valence-corrected chi connectivity index (χ2v) is 4.20. The van der Waals surface area contributed by atoms with Crippen LogP contribution in [0.15, 0.2) is 0 Å². The van der Waals surface area contributed by atoms with E-state index in [1.165, 1.54) is 32.1 Å². The molecule has 0 unspecified atom stereocenters. The van der Waals surface area contributed by atoms with Gasteiger partial charge >= 0.3 is 0 Å². The highest BCUT2D eigenvalue weighted by Crippen LogP contribution is 2.32. The lowest BCUT2D eigenvalue weighted by Gasteiger charge is -2.27. The maximum atomic E-state index is 11.2. The van der Waals surface area contributed by atoms with Crippen LogP contribution in [-0.4, -0.2) is 5.91 Å². The summed E-state index contributed by atoms with van der Waals surface area (Å²) in [6.07, 6.45) is 8.41. The first-order valence-corrected chi connectivity index (χ1v) is 5.55. The van der Waals surface area contributed by atoms with Crippen LogP contribution in [0.25, 0.3) is 0 Å². The summed E-state index contributed by atoms with van der Waals surface area (Å²) >= 11 is 0. The van der Waals surface area contributed by atoms with Gasteiger partial charge in [0.2, 0.25) is 5.91 Å². The number of rotatable bonds is 4. The predicted octanol–water partition coefficient (Wildman–Crippen LogP) is 2.47. The van der Waals surface area contributed by atoms with Gasteiger partial charge in [0.05, 0.1) is 0 Å². The Bertz CT molecular complexity index is 161. The summed E-state index contributed by atoms with van der Waals surface area (Å²) in [7, 11) is 0. The van der Waals surface area contributed by atoms with Crippen molar-refractivity contribution in [2.24, 2.45) is 17.6 Å². The molecule has 1 atom stereocenters. The number of hydrogen-bond donors (Lipinski definition) is 1. The van der Waals surface area contributed by atoms with E-state index < -0.39 is 0 Å². The third kappa shape index (κ3) is 3.02. The van der Waals surface area contributed by atoms with Crippen molar-refractivity contribution in [2.75, 3.05) is 0 Å². The Hall–Kier alpha value is -0.530. The fraction of sp³-hybridized carbons (Fsp3) is 0.909. The van der Waals surface area contributed by atoms with Gasteiger partial charge < -0.3 is 5.73 Å². The van der Waals surface area contributed by atoms with Crippen LogP contribution in [0.3, 0.4) is 0 Å². The topological polar surface area (TPSA) is 43.1 Å². The molecule has 1 amide bonds. The van der Waals surface area contributed by atoms with Crippen LogP contribution in [0, 0.1) is 11.8 Å². The molecule has 1 aliphatic rings. The molecule has 2 N–H and O–H groups in total. The third-order valence-corrected chi connectivity index (χ3v) is 3.18. The van der Waals surface area contributed by atoms with Crippen molar-refractivity contribution in [3.63, 3.8) is 0 Å². The Labute approximate surface area is 80.9 Å². The van der Waals surface area contributed by atoms with Crippen molar-refractivity contribution in [3.8, 4) is 0 Å². The first-order valence-electron chi connectivity index (χ1n) is 5.55. The summed E-state index contributed by atoms with van der Waals surface area (Å²) in [6.45, 7) is 2.12. The maximum absolute atomic E-state index is 11.2. The zero-order valence-corrected chi connectivity index (χ0v) is 8.59. The zero-order chi connectivity index (χ0) is 9.68. The van der Waals surface area contributed by atoms with E-state index in [1.54, 1.807) is 0 Å². The fourth-order valence-corrected chi connectivity index (χ4v) is 2.46. The highest BCUT2D eigenvalue weighted by Gasteiger charge is 2.26. The van der Waals surface area contributed by atoms with Gasteiger partial charge in [-0.15, -0.1) is 0 Å². The van der Waals surface area contributed by atoms with E-state index in [2.05, 4.69) is 6.92 Å². The lowest BCUT2D eigenvalue weighted by atomic mass is 9.78. The van der Waals surface area contributed by atoms with Gasteiger partial charge in [0, 0.05) is 5.92 Å². The Kier molecular flexibility index (Phi) is 4.26. The molecule has 1 saturated carbocycles. The minimum Gasteiger partial charge on any atom is -0.369 e. The molecule has 2 heteroatoms. The normalized spacial score (nSPS) is 21.3. The van der Waals surface area contributed by atoms with Gasteiger partial charge in [0.15, 0.2) is 0 Å². The molecular weight excluding hydrogens is 162 g/mol. The van der Waals surface area contributed by atoms with E-state index in [-0.39, 0.29) is 11.8 Å². The highest BCUT2D eigenvalue weighted by molar-refractivity contribution is 5.76. The van der Waals surface area contributed by atoms with Gasteiger partial charge in [-0.05, 0) is 25.2 Å². The van der Waals surface area contributed by atoms with Gasteiger partial charge in [0.1, 0.15) is 0 Å². The second-order valence-electron chi connectivity index (χ2n) is 4.20. The number of primary amides is 1. The van der Waals surface area contributed by atoms with Crippen LogP contribution in [0.4, 0.5) is 0 Å². The van der Waals surface area contributed by atoms with Crippen LogP contribution in [0.2, 0.25) is 0 Å². The number of carbonyl (C=O) groups excluding carboxylic acids is 1. The first kappa shape index (κ1) is 10.6. The molecule has 76 valence electrons. The molecule has 0 saturated heterocycles. The lowest BCUT2D eigenvalue weighted by Crippen LogP contribution is -2.31. The van der Waals surface area contributed by atoms with Crippen LogP contribution in [-0.2, 0) is 4.79 Å². The van der Waals surface area contributed by atoms with Crippen LogP contribution < -0.4 is 5.73 Å². The van der Waals surface area contributed by atoms with Crippen molar-refractivity contribution in [3.05, 3.63) is 0 Å². The van der Waals surface area contributed by atoms with Crippen LogP contribution in [0.5, 0.6) is 0 Å². The number of nitrogens with two attached hydrogens (primary N) is 1. The Balaban J connectivity index is 2.46.